The van der Waals surface area contributed by atoms with Gasteiger partial charge >= 0.3 is 0 Å². The standard InChI is InChI=1S/C10H13N5O3S/c1-2-11-9-4-3-8(5-12-9)19(16,17)14-6-10-13-7-18-15-10/h3-5,7,14H,2,6H2,1H3,(H,11,12). The molecule has 0 radical (unpaired) electrons. The molecule has 0 saturated heterocycles. The molecule has 0 aromatic carbocycles. The van der Waals surface area contributed by atoms with Crippen molar-refractivity contribution in [3.05, 3.63) is 30.5 Å². The third-order valence-electron chi connectivity index (χ3n) is 2.23. The summed E-state index contributed by atoms with van der Waals surface area (Å²) >= 11 is 0. The fourth-order valence-electron chi connectivity index (χ4n) is 1.34. The van der Waals surface area contributed by atoms with E-state index < -0.39 is 10.0 Å². The molecule has 0 amide bonds. The number of nitrogens with one attached hydrogen (secondary N) is 2. The summed E-state index contributed by atoms with van der Waals surface area (Å²) < 4.78 is 30.7. The molecule has 2 N–H and O–H groups in total. The van der Waals surface area contributed by atoms with Crippen molar-refractivity contribution in [2.45, 2.75) is 18.4 Å². The van der Waals surface area contributed by atoms with Gasteiger partial charge in [-0.15, -0.1) is 0 Å². The second-order valence-corrected chi connectivity index (χ2v) is 5.35. The highest BCUT2D eigenvalue weighted by Gasteiger charge is 2.15. The molecule has 9 heteroatoms. The number of hydrogen-bond donors (Lipinski definition) is 2. The number of hydrogen-bond acceptors (Lipinski definition) is 7. The van der Waals surface area contributed by atoms with E-state index in [1.54, 1.807) is 6.07 Å². The highest BCUT2D eigenvalue weighted by Crippen LogP contribution is 2.10. The van der Waals surface area contributed by atoms with E-state index in [9.17, 15) is 8.42 Å². The van der Waals surface area contributed by atoms with E-state index in [1.807, 2.05) is 6.92 Å². The Morgan fingerprint density at radius 2 is 2.16 bits per heavy atom. The summed E-state index contributed by atoms with van der Waals surface area (Å²) in [6.07, 6.45) is 2.42. The van der Waals surface area contributed by atoms with Crippen molar-refractivity contribution in [3.8, 4) is 0 Å². The van der Waals surface area contributed by atoms with Gasteiger partial charge in [0.2, 0.25) is 16.4 Å². The van der Waals surface area contributed by atoms with Crippen molar-refractivity contribution < 1.29 is 12.9 Å². The largest absolute Gasteiger partial charge is 0.370 e. The highest BCUT2D eigenvalue weighted by atomic mass is 32.2. The number of nitrogens with zero attached hydrogens (tertiary/aromatic N) is 3. The molecule has 0 atom stereocenters. The zero-order valence-corrected chi connectivity index (χ0v) is 11.0. The molecule has 2 heterocycles. The molecule has 2 rings (SSSR count). The summed E-state index contributed by atoms with van der Waals surface area (Å²) in [7, 11) is -3.63. The van der Waals surface area contributed by atoms with Gasteiger partial charge in [-0.3, -0.25) is 0 Å². The Kier molecular flexibility index (Phi) is 4.07. The second kappa shape index (κ2) is 5.76. The Labute approximate surface area is 110 Å². The summed E-state index contributed by atoms with van der Waals surface area (Å²) in [4.78, 5) is 7.80. The van der Waals surface area contributed by atoms with Gasteiger partial charge in [-0.05, 0) is 19.1 Å². The van der Waals surface area contributed by atoms with Crippen LogP contribution in [-0.4, -0.2) is 30.1 Å². The lowest BCUT2D eigenvalue weighted by Gasteiger charge is -2.06. The molecule has 102 valence electrons. The van der Waals surface area contributed by atoms with Crippen LogP contribution in [0.1, 0.15) is 12.7 Å². The Hall–Kier alpha value is -2.00. The van der Waals surface area contributed by atoms with Crippen LogP contribution in [-0.2, 0) is 16.6 Å². The zero-order valence-electron chi connectivity index (χ0n) is 10.2. The average Bonchev–Trinajstić information content (AvgIpc) is 2.91. The normalized spacial score (nSPS) is 11.4. The quantitative estimate of drug-likeness (QED) is 0.788. The molecular formula is C10H13N5O3S. The molecule has 2 aromatic rings. The predicted octanol–water partition coefficient (Wildman–Crippen LogP) is 0.375. The molecule has 8 nitrogen and oxygen atoms in total. The molecule has 0 aliphatic carbocycles. The van der Waals surface area contributed by atoms with Gasteiger partial charge in [0, 0.05) is 12.7 Å². The molecule has 2 aromatic heterocycles. The van der Waals surface area contributed by atoms with Gasteiger partial charge in [0.05, 0.1) is 6.54 Å². The smallest absolute Gasteiger partial charge is 0.242 e. The maximum absolute atomic E-state index is 11.9. The van der Waals surface area contributed by atoms with Gasteiger partial charge in [0.15, 0.2) is 5.82 Å². The Bertz CT molecular complexity index is 609. The minimum Gasteiger partial charge on any atom is -0.370 e. The lowest BCUT2D eigenvalue weighted by molar-refractivity contribution is 0.409. The van der Waals surface area contributed by atoms with Gasteiger partial charge in [-0.25, -0.2) is 18.1 Å². The molecular weight excluding hydrogens is 270 g/mol. The average molecular weight is 283 g/mol. The van der Waals surface area contributed by atoms with Crippen LogP contribution in [0.4, 0.5) is 5.82 Å². The first kappa shape index (κ1) is 13.4. The lowest BCUT2D eigenvalue weighted by atomic mass is 10.4. The monoisotopic (exact) mass is 283 g/mol. The van der Waals surface area contributed by atoms with Crippen LogP contribution >= 0.6 is 0 Å². The Morgan fingerprint density at radius 1 is 1.32 bits per heavy atom. The summed E-state index contributed by atoms with van der Waals surface area (Å²) in [6, 6.07) is 3.08. The van der Waals surface area contributed by atoms with E-state index in [1.165, 1.54) is 12.3 Å². The first-order chi connectivity index (χ1) is 9.12. The van der Waals surface area contributed by atoms with Gasteiger partial charge in [0.1, 0.15) is 10.7 Å². The maximum atomic E-state index is 11.9. The van der Waals surface area contributed by atoms with Crippen molar-refractivity contribution in [2.24, 2.45) is 0 Å². The minimum absolute atomic E-state index is 0.0339. The minimum atomic E-state index is -3.63. The second-order valence-electron chi connectivity index (χ2n) is 3.58. The lowest BCUT2D eigenvalue weighted by Crippen LogP contribution is -2.24. The van der Waals surface area contributed by atoms with E-state index >= 15 is 0 Å². The SMILES string of the molecule is CCNc1ccc(S(=O)(=O)NCc2ncon2)cn1. The third kappa shape index (κ3) is 3.48. The molecule has 0 aliphatic rings. The summed E-state index contributed by atoms with van der Waals surface area (Å²) in [5.74, 6) is 0.889. The molecule has 19 heavy (non-hydrogen) atoms. The van der Waals surface area contributed by atoms with E-state index in [4.69, 9.17) is 0 Å². The predicted molar refractivity (Wildman–Crippen MR) is 66.7 cm³/mol. The van der Waals surface area contributed by atoms with Crippen molar-refractivity contribution in [1.82, 2.24) is 19.8 Å². The number of aromatic nitrogens is 3. The van der Waals surface area contributed by atoms with Crippen molar-refractivity contribution >= 4 is 15.8 Å². The van der Waals surface area contributed by atoms with Crippen LogP contribution in [0.5, 0.6) is 0 Å². The first-order valence-electron chi connectivity index (χ1n) is 5.56. The number of rotatable bonds is 6. The van der Waals surface area contributed by atoms with Crippen LogP contribution in [0.3, 0.4) is 0 Å². The van der Waals surface area contributed by atoms with E-state index in [-0.39, 0.29) is 17.3 Å². The van der Waals surface area contributed by atoms with Crippen molar-refractivity contribution in [3.63, 3.8) is 0 Å². The highest BCUT2D eigenvalue weighted by molar-refractivity contribution is 7.89. The number of anilines is 1. The molecule has 0 bridgehead atoms. The molecule has 0 fully saturated rings. The van der Waals surface area contributed by atoms with Crippen LogP contribution in [0.15, 0.2) is 34.1 Å². The van der Waals surface area contributed by atoms with E-state index in [0.717, 1.165) is 12.9 Å². The first-order valence-corrected chi connectivity index (χ1v) is 7.05. The third-order valence-corrected chi connectivity index (χ3v) is 3.62. The Balaban J connectivity index is 2.06. The van der Waals surface area contributed by atoms with Crippen molar-refractivity contribution in [2.75, 3.05) is 11.9 Å². The van der Waals surface area contributed by atoms with Gasteiger partial charge < -0.3 is 9.84 Å². The molecule has 0 aliphatic heterocycles. The zero-order chi connectivity index (χ0) is 13.7. The van der Waals surface area contributed by atoms with Crippen molar-refractivity contribution in [1.29, 1.82) is 0 Å². The summed E-state index contributed by atoms with van der Waals surface area (Å²) in [5, 5.41) is 6.49. The van der Waals surface area contributed by atoms with Gasteiger partial charge in [-0.1, -0.05) is 5.16 Å². The molecule has 0 unspecified atom stereocenters. The van der Waals surface area contributed by atoms with Gasteiger partial charge in [-0.2, -0.15) is 4.98 Å². The van der Waals surface area contributed by atoms with Gasteiger partial charge in [0.25, 0.3) is 0 Å². The maximum Gasteiger partial charge on any atom is 0.242 e. The van der Waals surface area contributed by atoms with E-state index in [0.29, 0.717) is 5.82 Å². The van der Waals surface area contributed by atoms with Crippen LogP contribution < -0.4 is 10.0 Å². The van der Waals surface area contributed by atoms with E-state index in [2.05, 4.69) is 29.7 Å². The fraction of sp³-hybridized carbons (Fsp3) is 0.300. The summed E-state index contributed by atoms with van der Waals surface area (Å²) in [6.45, 7) is 2.61. The molecule has 0 saturated carbocycles. The van der Waals surface area contributed by atoms with Crippen LogP contribution in [0, 0.1) is 0 Å². The summed E-state index contributed by atoms with van der Waals surface area (Å²) in [5.41, 5.74) is 0. The number of sulfonamides is 1. The molecule has 0 spiro atoms. The fourth-order valence-corrected chi connectivity index (χ4v) is 2.26. The number of pyridine rings is 1. The Morgan fingerprint density at radius 3 is 2.74 bits per heavy atom. The topological polar surface area (TPSA) is 110 Å². The van der Waals surface area contributed by atoms with Crippen LogP contribution in [0.25, 0.3) is 0 Å². The van der Waals surface area contributed by atoms with Crippen LogP contribution in [0.2, 0.25) is 0 Å².